The van der Waals surface area contributed by atoms with Gasteiger partial charge in [-0.05, 0) is 67.1 Å². The van der Waals surface area contributed by atoms with E-state index in [1.807, 2.05) is 7.05 Å². The highest BCUT2D eigenvalue weighted by Crippen LogP contribution is 2.25. The summed E-state index contributed by atoms with van der Waals surface area (Å²) in [5, 5.41) is 0. The Hall–Kier alpha value is -0.630. The Morgan fingerprint density at radius 1 is 1.37 bits per heavy atom. The van der Waals surface area contributed by atoms with Crippen LogP contribution in [0.5, 0.6) is 0 Å². The maximum absolute atomic E-state index is 12.3. The maximum atomic E-state index is 12.3. The molecular weight excluding hydrogens is 330 g/mol. The molecule has 1 aliphatic rings. The lowest BCUT2D eigenvalue weighted by Crippen LogP contribution is -2.43. The van der Waals surface area contributed by atoms with Crippen LogP contribution in [0.1, 0.15) is 12.8 Å². The normalized spacial score (nSPS) is 18.6. The minimum absolute atomic E-state index is 0.00506. The third kappa shape index (κ3) is 3.68. The Morgan fingerprint density at radius 2 is 2.00 bits per heavy atom. The van der Waals surface area contributed by atoms with Crippen LogP contribution in [0, 0.1) is 0 Å². The molecule has 0 saturated carbocycles. The second-order valence-electron chi connectivity index (χ2n) is 4.89. The number of hydrogen-bond acceptors (Lipinski definition) is 4. The van der Waals surface area contributed by atoms with Gasteiger partial charge in [-0.25, -0.2) is 13.1 Å². The molecular formula is C12H18BrN3O2S. The first-order valence-electron chi connectivity index (χ1n) is 6.14. The molecule has 1 aromatic carbocycles. The van der Waals surface area contributed by atoms with E-state index in [1.165, 1.54) is 6.07 Å². The fourth-order valence-corrected chi connectivity index (χ4v) is 4.44. The van der Waals surface area contributed by atoms with Gasteiger partial charge in [0.2, 0.25) is 10.0 Å². The second-order valence-corrected chi connectivity index (χ2v) is 7.43. The molecule has 0 amide bonds. The van der Waals surface area contributed by atoms with Crippen molar-refractivity contribution in [2.75, 3.05) is 25.9 Å². The topological polar surface area (TPSA) is 75.4 Å². The monoisotopic (exact) mass is 347 g/mol. The van der Waals surface area contributed by atoms with E-state index >= 15 is 0 Å². The lowest BCUT2D eigenvalue weighted by Gasteiger charge is -2.29. The third-order valence-electron chi connectivity index (χ3n) is 3.29. The van der Waals surface area contributed by atoms with Crippen LogP contribution in [-0.2, 0) is 10.0 Å². The highest BCUT2D eigenvalue weighted by atomic mass is 79.9. The molecule has 19 heavy (non-hydrogen) atoms. The maximum Gasteiger partial charge on any atom is 0.242 e. The highest BCUT2D eigenvalue weighted by Gasteiger charge is 2.24. The first-order valence-corrected chi connectivity index (χ1v) is 8.42. The summed E-state index contributed by atoms with van der Waals surface area (Å²) >= 11 is 3.26. The van der Waals surface area contributed by atoms with Gasteiger partial charge in [0, 0.05) is 16.2 Å². The molecule has 1 aliphatic heterocycles. The number of rotatable bonds is 3. The van der Waals surface area contributed by atoms with Gasteiger partial charge in [-0.1, -0.05) is 0 Å². The van der Waals surface area contributed by atoms with Crippen LogP contribution in [0.15, 0.2) is 27.6 Å². The third-order valence-corrected chi connectivity index (χ3v) is 5.80. The Kier molecular flexibility index (Phi) is 4.50. The van der Waals surface area contributed by atoms with E-state index in [4.69, 9.17) is 5.73 Å². The number of likely N-dealkylation sites (tertiary alicyclic amines) is 1. The summed E-state index contributed by atoms with van der Waals surface area (Å²) in [5.74, 6) is 0. The summed E-state index contributed by atoms with van der Waals surface area (Å²) in [6.45, 7) is 1.82. The lowest BCUT2D eigenvalue weighted by atomic mass is 10.1. The van der Waals surface area contributed by atoms with Gasteiger partial charge in [0.15, 0.2) is 0 Å². The minimum atomic E-state index is -3.53. The molecule has 0 bridgehead atoms. The standard InChI is InChI=1S/C12H18BrN3O2S/c1-16-6-4-10(5-7-16)15-19(17,18)12-8-9(14)2-3-11(12)13/h2-3,8,10,15H,4-7,14H2,1H3. The van der Waals surface area contributed by atoms with Crippen LogP contribution in [-0.4, -0.2) is 39.5 Å². The number of benzene rings is 1. The van der Waals surface area contributed by atoms with Crippen LogP contribution in [0.2, 0.25) is 0 Å². The molecule has 0 unspecified atom stereocenters. The van der Waals surface area contributed by atoms with E-state index in [-0.39, 0.29) is 10.9 Å². The summed E-state index contributed by atoms with van der Waals surface area (Å²) in [6.07, 6.45) is 1.66. The summed E-state index contributed by atoms with van der Waals surface area (Å²) in [5.41, 5.74) is 6.09. The van der Waals surface area contributed by atoms with Gasteiger partial charge in [-0.2, -0.15) is 0 Å². The van der Waals surface area contributed by atoms with Crippen molar-refractivity contribution in [1.29, 1.82) is 0 Å². The van der Waals surface area contributed by atoms with Crippen molar-refractivity contribution in [3.05, 3.63) is 22.7 Å². The summed E-state index contributed by atoms with van der Waals surface area (Å²) in [6, 6.07) is 4.79. The summed E-state index contributed by atoms with van der Waals surface area (Å²) in [7, 11) is -1.49. The zero-order chi connectivity index (χ0) is 14.0. The van der Waals surface area contributed by atoms with Crippen LogP contribution in [0.25, 0.3) is 0 Å². The Labute approximate surface area is 122 Å². The Morgan fingerprint density at radius 3 is 2.63 bits per heavy atom. The Balaban J connectivity index is 2.16. The number of nitrogen functional groups attached to an aromatic ring is 1. The molecule has 0 atom stereocenters. The molecule has 1 heterocycles. The van der Waals surface area contributed by atoms with Gasteiger partial charge in [0.25, 0.3) is 0 Å². The van der Waals surface area contributed by atoms with Crippen LogP contribution >= 0.6 is 15.9 Å². The number of anilines is 1. The van der Waals surface area contributed by atoms with Crippen LogP contribution in [0.4, 0.5) is 5.69 Å². The highest BCUT2D eigenvalue weighted by molar-refractivity contribution is 9.10. The number of halogens is 1. The fourth-order valence-electron chi connectivity index (χ4n) is 2.14. The number of piperidine rings is 1. The smallest absolute Gasteiger partial charge is 0.242 e. The average Bonchev–Trinajstić information content (AvgIpc) is 2.35. The van der Waals surface area contributed by atoms with Crippen molar-refractivity contribution in [2.24, 2.45) is 0 Å². The molecule has 106 valence electrons. The zero-order valence-electron chi connectivity index (χ0n) is 10.8. The second kappa shape index (κ2) is 5.78. The average molecular weight is 348 g/mol. The molecule has 1 aromatic rings. The molecule has 3 N–H and O–H groups in total. The van der Waals surface area contributed by atoms with Crippen LogP contribution < -0.4 is 10.5 Å². The van der Waals surface area contributed by atoms with Crippen molar-refractivity contribution < 1.29 is 8.42 Å². The van der Waals surface area contributed by atoms with Gasteiger partial charge in [0.1, 0.15) is 0 Å². The molecule has 0 aliphatic carbocycles. The number of nitrogens with one attached hydrogen (secondary N) is 1. The number of nitrogens with two attached hydrogens (primary N) is 1. The van der Waals surface area contributed by atoms with E-state index in [2.05, 4.69) is 25.6 Å². The fraction of sp³-hybridized carbons (Fsp3) is 0.500. The Bertz CT molecular complexity index is 554. The first kappa shape index (κ1) is 14.8. The van der Waals surface area contributed by atoms with Crippen molar-refractivity contribution >= 4 is 31.6 Å². The van der Waals surface area contributed by atoms with Gasteiger partial charge in [-0.3, -0.25) is 0 Å². The predicted molar refractivity (Wildman–Crippen MR) is 79.4 cm³/mol. The van der Waals surface area contributed by atoms with E-state index in [0.717, 1.165) is 25.9 Å². The SMILES string of the molecule is CN1CCC(NS(=O)(=O)c2cc(N)ccc2Br)CC1. The molecule has 0 spiro atoms. The van der Waals surface area contributed by atoms with E-state index in [9.17, 15) is 8.42 Å². The van der Waals surface area contributed by atoms with Crippen LogP contribution in [0.3, 0.4) is 0 Å². The molecule has 1 fully saturated rings. The number of hydrogen-bond donors (Lipinski definition) is 2. The van der Waals surface area contributed by atoms with E-state index in [0.29, 0.717) is 10.2 Å². The van der Waals surface area contributed by atoms with Crippen molar-refractivity contribution in [3.8, 4) is 0 Å². The largest absolute Gasteiger partial charge is 0.399 e. The molecule has 0 radical (unpaired) electrons. The molecule has 0 aromatic heterocycles. The lowest BCUT2D eigenvalue weighted by molar-refractivity contribution is 0.248. The summed E-state index contributed by atoms with van der Waals surface area (Å²) in [4.78, 5) is 2.40. The van der Waals surface area contributed by atoms with Crippen molar-refractivity contribution in [2.45, 2.75) is 23.8 Å². The number of sulfonamides is 1. The van der Waals surface area contributed by atoms with Gasteiger partial charge < -0.3 is 10.6 Å². The van der Waals surface area contributed by atoms with Crippen molar-refractivity contribution in [3.63, 3.8) is 0 Å². The molecule has 1 saturated heterocycles. The number of nitrogens with zero attached hydrogens (tertiary/aromatic N) is 1. The molecule has 5 nitrogen and oxygen atoms in total. The minimum Gasteiger partial charge on any atom is -0.399 e. The molecule has 2 rings (SSSR count). The first-order chi connectivity index (χ1) is 8.88. The van der Waals surface area contributed by atoms with Crippen molar-refractivity contribution in [1.82, 2.24) is 9.62 Å². The van der Waals surface area contributed by atoms with E-state index in [1.54, 1.807) is 12.1 Å². The quantitative estimate of drug-likeness (QED) is 0.810. The van der Waals surface area contributed by atoms with Gasteiger partial charge >= 0.3 is 0 Å². The van der Waals surface area contributed by atoms with E-state index < -0.39 is 10.0 Å². The van der Waals surface area contributed by atoms with Gasteiger partial charge in [-0.15, -0.1) is 0 Å². The van der Waals surface area contributed by atoms with Gasteiger partial charge in [0.05, 0.1) is 4.90 Å². The summed E-state index contributed by atoms with van der Waals surface area (Å²) < 4.78 is 28.0. The molecule has 7 heteroatoms. The predicted octanol–water partition coefficient (Wildman–Crippen LogP) is 1.40. The zero-order valence-corrected chi connectivity index (χ0v) is 13.2.